The number of aromatic nitrogens is 2. The molecule has 190 valence electrons. The predicted molar refractivity (Wildman–Crippen MR) is 172 cm³/mol. The second kappa shape index (κ2) is 8.90. The SMILES string of the molecule is Cc1ccc2c(c1)c1cc(C)ccc1n2-c1cccc(-c2cccc(-c3ccc4sc5cccnc5c4c3)c2)c1. The van der Waals surface area contributed by atoms with Gasteiger partial charge in [0, 0.05) is 32.7 Å². The highest BCUT2D eigenvalue weighted by Crippen LogP contribution is 2.37. The molecular formula is C37H26N2S. The lowest BCUT2D eigenvalue weighted by Crippen LogP contribution is -1.94. The molecule has 0 N–H and O–H groups in total. The predicted octanol–water partition coefficient (Wildman–Crippen LogP) is 10.5. The van der Waals surface area contributed by atoms with Gasteiger partial charge in [-0.05, 0) is 103 Å². The molecule has 3 heteroatoms. The number of nitrogens with zero attached hydrogens (tertiary/aromatic N) is 2. The van der Waals surface area contributed by atoms with E-state index in [9.17, 15) is 0 Å². The monoisotopic (exact) mass is 530 g/mol. The van der Waals surface area contributed by atoms with E-state index in [1.54, 1.807) is 11.3 Å². The number of benzene rings is 5. The number of pyridine rings is 1. The molecule has 0 spiro atoms. The van der Waals surface area contributed by atoms with Crippen LogP contribution in [0.1, 0.15) is 11.1 Å². The standard InChI is InChI=1S/C37H26N2S/c1-23-11-14-33-30(18-23)31-19-24(2)12-15-34(31)39(33)29-9-4-8-27(21-29)25-6-3-7-26(20-25)28-13-16-35-32(22-28)37-36(40-35)10-5-17-38-37/h3-22H,1-2H3. The highest BCUT2D eigenvalue weighted by Gasteiger charge is 2.14. The number of hydrogen-bond donors (Lipinski definition) is 0. The van der Waals surface area contributed by atoms with Crippen molar-refractivity contribution in [3.63, 3.8) is 0 Å². The summed E-state index contributed by atoms with van der Waals surface area (Å²) in [5.74, 6) is 0. The second-order valence-electron chi connectivity index (χ2n) is 10.7. The first-order valence-corrected chi connectivity index (χ1v) is 14.4. The fourth-order valence-corrected chi connectivity index (χ4v) is 7.05. The summed E-state index contributed by atoms with van der Waals surface area (Å²) in [6.45, 7) is 4.34. The van der Waals surface area contributed by atoms with Gasteiger partial charge < -0.3 is 4.57 Å². The summed E-state index contributed by atoms with van der Waals surface area (Å²) in [5, 5.41) is 3.83. The van der Waals surface area contributed by atoms with Crippen molar-refractivity contribution in [2.75, 3.05) is 0 Å². The van der Waals surface area contributed by atoms with E-state index in [0.717, 1.165) is 5.52 Å². The van der Waals surface area contributed by atoms with E-state index in [0.29, 0.717) is 0 Å². The third-order valence-electron chi connectivity index (χ3n) is 7.93. The van der Waals surface area contributed by atoms with Crippen molar-refractivity contribution in [1.29, 1.82) is 0 Å². The average Bonchev–Trinajstić information content (AvgIpc) is 3.52. The molecule has 8 aromatic rings. The van der Waals surface area contributed by atoms with Gasteiger partial charge in [-0.3, -0.25) is 4.98 Å². The average molecular weight is 531 g/mol. The fraction of sp³-hybridized carbons (Fsp3) is 0.0541. The molecule has 0 bridgehead atoms. The summed E-state index contributed by atoms with van der Waals surface area (Å²) < 4.78 is 4.91. The molecule has 0 fully saturated rings. The quantitative estimate of drug-likeness (QED) is 0.222. The van der Waals surface area contributed by atoms with Gasteiger partial charge in [0.1, 0.15) is 0 Å². The minimum atomic E-state index is 1.09. The molecule has 3 heterocycles. The van der Waals surface area contributed by atoms with Gasteiger partial charge in [0.25, 0.3) is 0 Å². The van der Waals surface area contributed by atoms with Gasteiger partial charge in [0.05, 0.1) is 21.3 Å². The molecule has 0 aliphatic carbocycles. The normalized spacial score (nSPS) is 11.8. The van der Waals surface area contributed by atoms with Gasteiger partial charge in [-0.1, -0.05) is 59.7 Å². The Bertz CT molecular complexity index is 2190. The summed E-state index contributed by atoms with van der Waals surface area (Å²) in [7, 11) is 0. The van der Waals surface area contributed by atoms with E-state index in [1.807, 2.05) is 12.3 Å². The molecule has 0 aliphatic heterocycles. The van der Waals surface area contributed by atoms with Gasteiger partial charge in [-0.2, -0.15) is 0 Å². The van der Waals surface area contributed by atoms with Crippen molar-refractivity contribution in [3.05, 3.63) is 133 Å². The molecule has 0 unspecified atom stereocenters. The Balaban J connectivity index is 1.26. The Morgan fingerprint density at radius 3 is 1.90 bits per heavy atom. The van der Waals surface area contributed by atoms with E-state index in [4.69, 9.17) is 0 Å². The van der Waals surface area contributed by atoms with Crippen LogP contribution < -0.4 is 0 Å². The fourth-order valence-electron chi connectivity index (χ4n) is 6.01. The van der Waals surface area contributed by atoms with Gasteiger partial charge in [-0.15, -0.1) is 11.3 Å². The van der Waals surface area contributed by atoms with Crippen molar-refractivity contribution in [2.24, 2.45) is 0 Å². The maximum absolute atomic E-state index is 4.66. The summed E-state index contributed by atoms with van der Waals surface area (Å²) in [6.07, 6.45) is 1.88. The molecule has 0 saturated heterocycles. The zero-order chi connectivity index (χ0) is 26.8. The Morgan fingerprint density at radius 1 is 0.525 bits per heavy atom. The van der Waals surface area contributed by atoms with Crippen molar-refractivity contribution in [2.45, 2.75) is 13.8 Å². The van der Waals surface area contributed by atoms with E-state index in [1.165, 1.54) is 75.7 Å². The van der Waals surface area contributed by atoms with Gasteiger partial charge in [-0.25, -0.2) is 0 Å². The molecule has 0 amide bonds. The first-order valence-electron chi connectivity index (χ1n) is 13.6. The van der Waals surface area contributed by atoms with Crippen molar-refractivity contribution in [1.82, 2.24) is 9.55 Å². The van der Waals surface area contributed by atoms with E-state index in [-0.39, 0.29) is 0 Å². The summed E-state index contributed by atoms with van der Waals surface area (Å²) in [6, 6.07) is 42.3. The number of thiophene rings is 1. The zero-order valence-electron chi connectivity index (χ0n) is 22.3. The van der Waals surface area contributed by atoms with E-state index in [2.05, 4.69) is 133 Å². The molecule has 8 rings (SSSR count). The maximum atomic E-state index is 4.66. The van der Waals surface area contributed by atoms with Crippen molar-refractivity contribution >= 4 is 53.4 Å². The molecular weight excluding hydrogens is 504 g/mol. The third-order valence-corrected chi connectivity index (χ3v) is 9.06. The summed E-state index contributed by atoms with van der Waals surface area (Å²) in [4.78, 5) is 4.66. The van der Waals surface area contributed by atoms with Gasteiger partial charge in [0.2, 0.25) is 0 Å². The molecule has 40 heavy (non-hydrogen) atoms. The van der Waals surface area contributed by atoms with Crippen molar-refractivity contribution < 1.29 is 0 Å². The number of fused-ring (bicyclic) bond motifs is 6. The Hall–Kier alpha value is -4.73. The second-order valence-corrected chi connectivity index (χ2v) is 11.8. The lowest BCUT2D eigenvalue weighted by atomic mass is 9.98. The Kier molecular flexibility index (Phi) is 5.16. The lowest BCUT2D eigenvalue weighted by Gasteiger charge is -2.11. The van der Waals surface area contributed by atoms with Crippen LogP contribution in [0.4, 0.5) is 0 Å². The number of hydrogen-bond acceptors (Lipinski definition) is 2. The maximum Gasteiger partial charge on any atom is 0.0888 e. The van der Waals surface area contributed by atoms with Crippen LogP contribution in [0.25, 0.3) is 70.0 Å². The van der Waals surface area contributed by atoms with E-state index < -0.39 is 0 Å². The molecule has 0 saturated carbocycles. The van der Waals surface area contributed by atoms with Crippen LogP contribution in [0.2, 0.25) is 0 Å². The van der Waals surface area contributed by atoms with Crippen molar-refractivity contribution in [3.8, 4) is 27.9 Å². The van der Waals surface area contributed by atoms with Crippen LogP contribution in [-0.2, 0) is 0 Å². The third kappa shape index (κ3) is 3.66. The molecule has 3 aromatic heterocycles. The summed E-state index contributed by atoms with van der Waals surface area (Å²) >= 11 is 1.80. The van der Waals surface area contributed by atoms with Crippen LogP contribution in [0.5, 0.6) is 0 Å². The largest absolute Gasteiger partial charge is 0.309 e. The Labute approximate surface area is 236 Å². The number of aryl methyl sites for hydroxylation is 2. The molecule has 0 atom stereocenters. The van der Waals surface area contributed by atoms with Crippen LogP contribution in [-0.4, -0.2) is 9.55 Å². The van der Waals surface area contributed by atoms with Crippen LogP contribution >= 0.6 is 11.3 Å². The highest BCUT2D eigenvalue weighted by molar-refractivity contribution is 7.25. The lowest BCUT2D eigenvalue weighted by molar-refractivity contribution is 1.18. The minimum Gasteiger partial charge on any atom is -0.309 e. The minimum absolute atomic E-state index is 1.09. The summed E-state index contributed by atoms with van der Waals surface area (Å²) in [5.41, 5.74) is 12.1. The van der Waals surface area contributed by atoms with Crippen LogP contribution in [0.15, 0.2) is 121 Å². The van der Waals surface area contributed by atoms with Crippen LogP contribution in [0, 0.1) is 13.8 Å². The van der Waals surface area contributed by atoms with Gasteiger partial charge in [0.15, 0.2) is 0 Å². The van der Waals surface area contributed by atoms with Gasteiger partial charge >= 0.3 is 0 Å². The topological polar surface area (TPSA) is 17.8 Å². The zero-order valence-corrected chi connectivity index (χ0v) is 23.2. The first kappa shape index (κ1) is 23.2. The molecule has 0 radical (unpaired) electrons. The highest BCUT2D eigenvalue weighted by atomic mass is 32.1. The first-order chi connectivity index (χ1) is 19.6. The smallest absolute Gasteiger partial charge is 0.0888 e. The van der Waals surface area contributed by atoms with E-state index >= 15 is 0 Å². The molecule has 2 nitrogen and oxygen atoms in total. The molecule has 5 aromatic carbocycles. The Morgan fingerprint density at radius 2 is 1.18 bits per heavy atom. The number of rotatable bonds is 3. The molecule has 0 aliphatic rings. The van der Waals surface area contributed by atoms with Crippen LogP contribution in [0.3, 0.4) is 0 Å².